The number of carbonyl (C=O) groups excluding carboxylic acids is 1. The highest BCUT2D eigenvalue weighted by molar-refractivity contribution is 8.15. The van der Waals surface area contributed by atoms with Gasteiger partial charge in [-0.2, -0.15) is 5.10 Å². The van der Waals surface area contributed by atoms with Gasteiger partial charge in [-0.25, -0.2) is 0 Å². The zero-order valence-electron chi connectivity index (χ0n) is 13.0. The second kappa shape index (κ2) is 7.18. The molecule has 10 heteroatoms. The molecule has 2 heterocycles. The van der Waals surface area contributed by atoms with Crippen molar-refractivity contribution in [3.63, 3.8) is 0 Å². The maximum absolute atomic E-state index is 11.0. The molecule has 0 bridgehead atoms. The lowest BCUT2D eigenvalue weighted by Gasteiger charge is -2.05. The number of nitrogens with zero attached hydrogens (tertiary/aromatic N) is 3. The first-order valence-corrected chi connectivity index (χ1v) is 8.01. The number of nitrogens with one attached hydrogen (secondary N) is 1. The predicted molar refractivity (Wildman–Crippen MR) is 93.0 cm³/mol. The van der Waals surface area contributed by atoms with Gasteiger partial charge in [-0.3, -0.25) is 14.9 Å². The lowest BCUT2D eigenvalue weighted by molar-refractivity contribution is -0.384. The molecule has 1 saturated heterocycles. The molecule has 0 radical (unpaired) electrons. The van der Waals surface area contributed by atoms with Crippen LogP contribution in [0.15, 0.2) is 45.0 Å². The monoisotopic (exact) mass is 360 g/mol. The van der Waals surface area contributed by atoms with Crippen molar-refractivity contribution in [2.45, 2.75) is 0 Å². The van der Waals surface area contributed by atoms with E-state index < -0.39 is 4.92 Å². The first kappa shape index (κ1) is 16.7. The fraction of sp³-hybridized carbons (Fsp3) is 0.133. The molecule has 0 aliphatic carbocycles. The number of nitro groups is 1. The van der Waals surface area contributed by atoms with Crippen LogP contribution in [0.3, 0.4) is 0 Å². The van der Waals surface area contributed by atoms with Gasteiger partial charge in [-0.1, -0.05) is 11.8 Å². The summed E-state index contributed by atoms with van der Waals surface area (Å²) >= 11 is 1.26. The summed E-state index contributed by atoms with van der Waals surface area (Å²) in [6.07, 6.45) is 1.38. The van der Waals surface area contributed by atoms with E-state index in [1.165, 1.54) is 43.3 Å². The van der Waals surface area contributed by atoms with Crippen LogP contribution in [0.5, 0.6) is 5.75 Å². The van der Waals surface area contributed by atoms with Gasteiger partial charge >= 0.3 is 0 Å². The van der Waals surface area contributed by atoms with E-state index in [-0.39, 0.29) is 11.6 Å². The minimum absolute atomic E-state index is 0.0668. The Hall–Kier alpha value is -3.14. The third-order valence-corrected chi connectivity index (χ3v) is 4.07. The van der Waals surface area contributed by atoms with E-state index in [0.29, 0.717) is 33.8 Å². The number of furan rings is 1. The van der Waals surface area contributed by atoms with Crippen LogP contribution in [-0.2, 0) is 4.79 Å². The van der Waals surface area contributed by atoms with E-state index in [2.05, 4.69) is 15.5 Å². The van der Waals surface area contributed by atoms with Crippen LogP contribution in [0.1, 0.15) is 5.76 Å². The standard InChI is InChI=1S/C15H12N4O5S/c1-23-12-4-2-9(19(21)22)6-11(12)13-5-3-10(24-13)7-16-18-15-17-14(20)8-25-15/h2-7H,8H2,1H3,(H,17,18,20)/b16-7-. The van der Waals surface area contributed by atoms with Crippen LogP contribution in [0, 0.1) is 10.1 Å². The van der Waals surface area contributed by atoms with Crippen molar-refractivity contribution in [2.75, 3.05) is 12.9 Å². The molecule has 2 aromatic rings. The molecule has 0 unspecified atom stereocenters. The molecular weight excluding hydrogens is 348 g/mol. The smallest absolute Gasteiger partial charge is 0.270 e. The van der Waals surface area contributed by atoms with E-state index in [1.54, 1.807) is 12.1 Å². The van der Waals surface area contributed by atoms with Crippen LogP contribution < -0.4 is 10.1 Å². The molecule has 1 aliphatic rings. The lowest BCUT2D eigenvalue weighted by Crippen LogP contribution is -2.19. The van der Waals surface area contributed by atoms with Gasteiger partial charge in [0.05, 0.1) is 29.6 Å². The predicted octanol–water partition coefficient (Wildman–Crippen LogP) is 2.42. The van der Waals surface area contributed by atoms with Crippen LogP contribution in [-0.4, -0.2) is 35.1 Å². The van der Waals surface area contributed by atoms with Gasteiger partial charge in [-0.15, -0.1) is 5.10 Å². The first-order chi connectivity index (χ1) is 12.1. The summed E-state index contributed by atoms with van der Waals surface area (Å²) in [5, 5.41) is 21.6. The second-order valence-electron chi connectivity index (χ2n) is 4.83. The van der Waals surface area contributed by atoms with E-state index in [1.807, 2.05) is 0 Å². The van der Waals surface area contributed by atoms with Gasteiger partial charge in [0.2, 0.25) is 5.91 Å². The molecule has 1 aromatic heterocycles. The third kappa shape index (κ3) is 3.86. The van der Waals surface area contributed by atoms with Crippen molar-refractivity contribution in [1.29, 1.82) is 0 Å². The molecule has 1 aromatic carbocycles. The summed E-state index contributed by atoms with van der Waals surface area (Å²) in [5.74, 6) is 1.47. The Bertz CT molecular complexity index is 890. The highest BCUT2D eigenvalue weighted by Crippen LogP contribution is 2.34. The van der Waals surface area contributed by atoms with E-state index >= 15 is 0 Å². The number of rotatable bonds is 5. The normalized spacial score (nSPS) is 15.7. The highest BCUT2D eigenvalue weighted by Gasteiger charge is 2.17. The number of amidine groups is 1. The van der Waals surface area contributed by atoms with Crippen LogP contribution in [0.4, 0.5) is 5.69 Å². The first-order valence-electron chi connectivity index (χ1n) is 7.03. The van der Waals surface area contributed by atoms with Crippen molar-refractivity contribution in [1.82, 2.24) is 5.32 Å². The Labute approximate surface area is 145 Å². The van der Waals surface area contributed by atoms with Crippen molar-refractivity contribution < 1.29 is 18.9 Å². The van der Waals surface area contributed by atoms with Crippen LogP contribution in [0.25, 0.3) is 11.3 Å². The van der Waals surface area contributed by atoms with Crippen LogP contribution in [0.2, 0.25) is 0 Å². The lowest BCUT2D eigenvalue weighted by atomic mass is 10.1. The fourth-order valence-corrected chi connectivity index (χ4v) is 2.72. The Morgan fingerprint density at radius 1 is 1.40 bits per heavy atom. The Balaban J connectivity index is 1.82. The Kier molecular flexibility index (Phi) is 4.80. The number of ether oxygens (including phenoxy) is 1. The molecule has 3 rings (SSSR count). The van der Waals surface area contributed by atoms with E-state index in [0.717, 1.165) is 0 Å². The number of benzene rings is 1. The summed E-state index contributed by atoms with van der Waals surface area (Å²) in [4.78, 5) is 21.5. The van der Waals surface area contributed by atoms with Crippen molar-refractivity contribution >= 4 is 34.7 Å². The summed E-state index contributed by atoms with van der Waals surface area (Å²) in [6.45, 7) is 0. The summed E-state index contributed by atoms with van der Waals surface area (Å²) in [6, 6.07) is 7.55. The molecule has 1 N–H and O–H groups in total. The number of non-ortho nitro benzene ring substituents is 1. The average molecular weight is 360 g/mol. The molecule has 0 spiro atoms. The van der Waals surface area contributed by atoms with Gasteiger partial charge in [-0.05, 0) is 18.2 Å². The molecule has 0 atom stereocenters. The number of amides is 1. The average Bonchev–Trinajstić information content (AvgIpc) is 3.23. The third-order valence-electron chi connectivity index (χ3n) is 3.21. The number of hydrogen-bond donors (Lipinski definition) is 1. The van der Waals surface area contributed by atoms with E-state index in [9.17, 15) is 14.9 Å². The summed E-state index contributed by atoms with van der Waals surface area (Å²) in [7, 11) is 1.47. The van der Waals surface area contributed by atoms with Gasteiger partial charge in [0, 0.05) is 12.1 Å². The maximum atomic E-state index is 11.0. The summed E-state index contributed by atoms with van der Waals surface area (Å²) < 4.78 is 10.8. The Morgan fingerprint density at radius 3 is 2.92 bits per heavy atom. The van der Waals surface area contributed by atoms with Gasteiger partial charge < -0.3 is 14.5 Å². The molecular formula is C15H12N4O5S. The number of methoxy groups -OCH3 is 1. The maximum Gasteiger partial charge on any atom is 0.270 e. The van der Waals surface area contributed by atoms with Gasteiger partial charge in [0.25, 0.3) is 5.69 Å². The minimum atomic E-state index is -0.488. The quantitative estimate of drug-likeness (QED) is 0.497. The zero-order valence-corrected chi connectivity index (χ0v) is 13.8. The second-order valence-corrected chi connectivity index (χ2v) is 5.79. The van der Waals surface area contributed by atoms with Gasteiger partial charge in [0.15, 0.2) is 5.17 Å². The van der Waals surface area contributed by atoms with Crippen molar-refractivity contribution in [2.24, 2.45) is 10.2 Å². The molecule has 0 saturated carbocycles. The largest absolute Gasteiger partial charge is 0.496 e. The summed E-state index contributed by atoms with van der Waals surface area (Å²) in [5.41, 5.74) is 0.393. The molecule has 25 heavy (non-hydrogen) atoms. The number of hydrogen-bond acceptors (Lipinski definition) is 8. The molecule has 128 valence electrons. The van der Waals surface area contributed by atoms with Crippen molar-refractivity contribution in [3.8, 4) is 17.1 Å². The van der Waals surface area contributed by atoms with Gasteiger partial charge in [0.1, 0.15) is 17.3 Å². The van der Waals surface area contributed by atoms with E-state index in [4.69, 9.17) is 9.15 Å². The Morgan fingerprint density at radius 2 is 2.24 bits per heavy atom. The minimum Gasteiger partial charge on any atom is -0.496 e. The number of thioether (sulfide) groups is 1. The fourth-order valence-electron chi connectivity index (χ4n) is 2.09. The van der Waals surface area contributed by atoms with Crippen LogP contribution >= 0.6 is 11.8 Å². The zero-order chi connectivity index (χ0) is 17.8. The molecule has 1 aliphatic heterocycles. The molecule has 1 fully saturated rings. The molecule has 1 amide bonds. The highest BCUT2D eigenvalue weighted by atomic mass is 32.2. The van der Waals surface area contributed by atoms with Crippen molar-refractivity contribution in [3.05, 3.63) is 46.2 Å². The topological polar surface area (TPSA) is 119 Å². The molecule has 9 nitrogen and oxygen atoms in total. The SMILES string of the molecule is COc1ccc([N+](=O)[O-])cc1-c1ccc(/C=N\N=C2\NC(=O)CS2)o1. The number of carbonyl (C=O) groups is 1. The number of nitro benzene ring substituents is 1.